The smallest absolute Gasteiger partial charge is 0.343 e. The summed E-state index contributed by atoms with van der Waals surface area (Å²) in [6.07, 6.45) is 12.9. The van der Waals surface area contributed by atoms with Gasteiger partial charge in [0.2, 0.25) is 5.95 Å². The average Bonchev–Trinajstić information content (AvgIpc) is 3.75. The van der Waals surface area contributed by atoms with E-state index in [0.29, 0.717) is 43.5 Å². The molecule has 11 nitrogen and oxygen atoms in total. The maximum Gasteiger partial charge on any atom is 0.343 e. The standard InChI is InChI=1S/C34H47N5O6/c1-32-7-6-29(41)33(2,21-40)27(32)18-28(38-12-14-43-15-13-38)34(22-44-34)26(32)5-4-24-17-25(45-30(24)42)16-23-19-35-31(36-20-23)39-10-8-37(3)9-11-39/h4-5,16-17,19-20,26-29,40-41H,6-15,18,21-22H2,1-3H3/b5-4+,25-16+/t26?,27?,28?,29-,32-,33+,34?/m1/s1. The molecule has 244 valence electrons. The Bertz CT molecular complexity index is 1360. The van der Waals surface area contributed by atoms with Gasteiger partial charge in [0.15, 0.2) is 0 Å². The van der Waals surface area contributed by atoms with Gasteiger partial charge in [0.05, 0.1) is 38.1 Å². The summed E-state index contributed by atoms with van der Waals surface area (Å²) in [5, 5.41) is 21.8. The van der Waals surface area contributed by atoms with Crippen molar-refractivity contribution in [3.05, 3.63) is 47.5 Å². The van der Waals surface area contributed by atoms with Crippen LogP contribution >= 0.6 is 0 Å². The Balaban J connectivity index is 1.15. The predicted molar refractivity (Wildman–Crippen MR) is 168 cm³/mol. The van der Waals surface area contributed by atoms with E-state index in [1.165, 1.54) is 0 Å². The molecule has 2 saturated carbocycles. The number of carbonyl (C=O) groups excluding carboxylic acids is 1. The number of allylic oxidation sites excluding steroid dienone is 1. The minimum absolute atomic E-state index is 0.00720. The number of carbonyl (C=O) groups is 1. The van der Waals surface area contributed by atoms with Crippen LogP contribution in [0.3, 0.4) is 0 Å². The van der Waals surface area contributed by atoms with Crippen LogP contribution < -0.4 is 4.90 Å². The highest BCUT2D eigenvalue weighted by molar-refractivity contribution is 5.96. The van der Waals surface area contributed by atoms with Gasteiger partial charge >= 0.3 is 5.97 Å². The summed E-state index contributed by atoms with van der Waals surface area (Å²) in [6, 6.07) is 0.138. The second-order valence-electron chi connectivity index (χ2n) is 14.4. The summed E-state index contributed by atoms with van der Waals surface area (Å²) in [5.74, 6) is 0.851. The molecule has 5 heterocycles. The Morgan fingerprint density at radius 3 is 2.47 bits per heavy atom. The zero-order valence-electron chi connectivity index (χ0n) is 26.7. The van der Waals surface area contributed by atoms with Crippen LogP contribution in [0.2, 0.25) is 0 Å². The van der Waals surface area contributed by atoms with Crippen molar-refractivity contribution in [2.24, 2.45) is 22.7 Å². The maximum atomic E-state index is 13.0. The van der Waals surface area contributed by atoms with Crippen LogP contribution in [0.1, 0.15) is 38.7 Å². The van der Waals surface area contributed by atoms with Crippen LogP contribution in [0.25, 0.3) is 6.08 Å². The number of likely N-dealkylation sites (N-methyl/N-ethyl adjacent to an activating group) is 1. The van der Waals surface area contributed by atoms with Crippen molar-refractivity contribution in [1.29, 1.82) is 0 Å². The van der Waals surface area contributed by atoms with Crippen LogP contribution in [-0.4, -0.2) is 126 Å². The third kappa shape index (κ3) is 5.45. The fourth-order valence-electron chi connectivity index (χ4n) is 8.97. The van der Waals surface area contributed by atoms with E-state index in [2.05, 4.69) is 44.7 Å². The molecule has 0 bridgehead atoms. The second-order valence-corrected chi connectivity index (χ2v) is 14.4. The normalized spacial score (nSPS) is 40.2. The van der Waals surface area contributed by atoms with E-state index in [9.17, 15) is 15.0 Å². The Kier molecular flexibility index (Phi) is 8.15. The van der Waals surface area contributed by atoms with E-state index >= 15 is 0 Å². The van der Waals surface area contributed by atoms with Crippen molar-refractivity contribution >= 4 is 18.0 Å². The Hall–Kier alpha value is -2.67. The highest BCUT2D eigenvalue weighted by Gasteiger charge is 2.71. The molecule has 1 aromatic rings. The topological polar surface area (TPSA) is 124 Å². The van der Waals surface area contributed by atoms with Gasteiger partial charge in [-0.2, -0.15) is 0 Å². The molecule has 0 amide bonds. The Labute approximate surface area is 265 Å². The van der Waals surface area contributed by atoms with E-state index < -0.39 is 11.5 Å². The number of morpholine rings is 1. The SMILES string of the molecule is CN1CCN(c2ncc(/C=C3C=C(/C=C/C4C5(CO5)C(N5CCOCC5)CC5[C@]4(C)CC[C@@H](O)[C@@]5(C)CO)C(=O)O\3)cn2)CC1. The molecule has 7 rings (SSSR count). The van der Waals surface area contributed by atoms with Gasteiger partial charge in [-0.05, 0) is 49.8 Å². The first-order valence-electron chi connectivity index (χ1n) is 16.5. The lowest BCUT2D eigenvalue weighted by Gasteiger charge is -2.63. The molecule has 45 heavy (non-hydrogen) atoms. The number of hydrogen-bond acceptors (Lipinski definition) is 11. The number of cyclic esters (lactones) is 1. The largest absolute Gasteiger partial charge is 0.423 e. The minimum atomic E-state index is -0.621. The van der Waals surface area contributed by atoms with E-state index in [1.807, 2.05) is 13.0 Å². The van der Waals surface area contributed by atoms with Gasteiger partial charge in [-0.25, -0.2) is 14.8 Å². The molecule has 1 aromatic heterocycles. The van der Waals surface area contributed by atoms with Crippen LogP contribution in [0.4, 0.5) is 5.95 Å². The predicted octanol–water partition coefficient (Wildman–Crippen LogP) is 1.87. The second kappa shape index (κ2) is 11.8. The number of esters is 1. The highest BCUT2D eigenvalue weighted by Crippen LogP contribution is 2.66. The summed E-state index contributed by atoms with van der Waals surface area (Å²) >= 11 is 0. The number of ether oxygens (including phenoxy) is 3. The number of aliphatic hydroxyl groups excluding tert-OH is 2. The summed E-state index contributed by atoms with van der Waals surface area (Å²) in [4.78, 5) is 29.1. The van der Waals surface area contributed by atoms with Crippen molar-refractivity contribution in [2.45, 2.75) is 50.9 Å². The lowest BCUT2D eigenvalue weighted by atomic mass is 9.44. The molecule has 7 atom stereocenters. The molecule has 6 aliphatic rings. The number of piperazine rings is 1. The highest BCUT2D eigenvalue weighted by atomic mass is 16.6. The third-order valence-electron chi connectivity index (χ3n) is 11.8. The number of fused-ring (bicyclic) bond motifs is 1. The van der Waals surface area contributed by atoms with Crippen LogP contribution in [0.5, 0.6) is 0 Å². The van der Waals surface area contributed by atoms with Crippen LogP contribution in [0.15, 0.2) is 42.0 Å². The quantitative estimate of drug-likeness (QED) is 0.358. The lowest BCUT2D eigenvalue weighted by molar-refractivity contribution is -0.186. The summed E-state index contributed by atoms with van der Waals surface area (Å²) in [5.41, 5.74) is 0.0344. The number of aromatic nitrogens is 2. The molecule has 0 aromatic carbocycles. The minimum Gasteiger partial charge on any atom is -0.423 e. The van der Waals surface area contributed by atoms with E-state index in [0.717, 1.165) is 57.7 Å². The fraction of sp³-hybridized carbons (Fsp3) is 0.676. The van der Waals surface area contributed by atoms with Crippen molar-refractivity contribution in [3.8, 4) is 0 Å². The maximum absolute atomic E-state index is 13.0. The molecule has 0 radical (unpaired) electrons. The zero-order chi connectivity index (χ0) is 31.4. The monoisotopic (exact) mass is 621 g/mol. The molecule has 2 N–H and O–H groups in total. The van der Waals surface area contributed by atoms with Gasteiger partial charge in [-0.3, -0.25) is 4.90 Å². The molecular formula is C34H47N5O6. The zero-order valence-corrected chi connectivity index (χ0v) is 26.7. The Morgan fingerprint density at radius 2 is 1.80 bits per heavy atom. The lowest BCUT2D eigenvalue weighted by Crippen LogP contribution is -2.67. The van der Waals surface area contributed by atoms with Gasteiger partial charge in [0.25, 0.3) is 0 Å². The number of nitrogens with zero attached hydrogens (tertiary/aromatic N) is 5. The number of anilines is 1. The van der Waals surface area contributed by atoms with Gasteiger partial charge in [-0.1, -0.05) is 26.0 Å². The van der Waals surface area contributed by atoms with Crippen molar-refractivity contribution in [2.75, 3.05) is 77.6 Å². The molecule has 5 fully saturated rings. The van der Waals surface area contributed by atoms with E-state index in [4.69, 9.17) is 14.2 Å². The van der Waals surface area contributed by atoms with Gasteiger partial charge in [0, 0.05) is 74.6 Å². The first-order valence-corrected chi connectivity index (χ1v) is 16.5. The summed E-state index contributed by atoms with van der Waals surface area (Å²) in [7, 11) is 2.12. The molecule has 4 unspecified atom stereocenters. The molecule has 11 heteroatoms. The fourth-order valence-corrected chi connectivity index (χ4v) is 8.97. The molecular weight excluding hydrogens is 574 g/mol. The van der Waals surface area contributed by atoms with Gasteiger partial charge < -0.3 is 34.2 Å². The molecule has 2 aliphatic carbocycles. The molecule has 4 aliphatic heterocycles. The van der Waals surface area contributed by atoms with E-state index in [1.54, 1.807) is 24.5 Å². The van der Waals surface area contributed by atoms with Crippen molar-refractivity contribution < 1.29 is 29.2 Å². The number of hydrogen-bond donors (Lipinski definition) is 2. The van der Waals surface area contributed by atoms with Crippen LogP contribution in [0, 0.1) is 22.7 Å². The van der Waals surface area contributed by atoms with E-state index in [-0.39, 0.29) is 41.5 Å². The summed E-state index contributed by atoms with van der Waals surface area (Å²) < 4.78 is 17.8. The van der Waals surface area contributed by atoms with Gasteiger partial charge in [0.1, 0.15) is 11.4 Å². The number of epoxide rings is 1. The molecule has 1 spiro atoms. The first kappa shape index (κ1) is 31.0. The third-order valence-corrected chi connectivity index (χ3v) is 11.8. The van der Waals surface area contributed by atoms with Crippen molar-refractivity contribution in [3.63, 3.8) is 0 Å². The molecule has 3 saturated heterocycles. The number of rotatable bonds is 6. The summed E-state index contributed by atoms with van der Waals surface area (Å²) in [6.45, 7) is 11.7. The van der Waals surface area contributed by atoms with Crippen molar-refractivity contribution in [1.82, 2.24) is 19.8 Å². The van der Waals surface area contributed by atoms with Gasteiger partial charge in [-0.15, -0.1) is 0 Å². The van der Waals surface area contributed by atoms with Crippen LogP contribution in [-0.2, 0) is 19.0 Å². The number of aliphatic hydroxyl groups is 2. The Morgan fingerprint density at radius 1 is 1.09 bits per heavy atom. The average molecular weight is 622 g/mol. The first-order chi connectivity index (χ1) is 21.7.